The summed E-state index contributed by atoms with van der Waals surface area (Å²) in [6.45, 7) is 0. The van der Waals surface area contributed by atoms with Crippen LogP contribution in [0.3, 0.4) is 0 Å². The minimum atomic E-state index is -5.03. The van der Waals surface area contributed by atoms with E-state index in [0.717, 1.165) is 11.9 Å². The Labute approximate surface area is 132 Å². The second-order valence-corrected chi connectivity index (χ2v) is 4.43. The van der Waals surface area contributed by atoms with Gasteiger partial charge in [0.2, 0.25) is 0 Å². The Bertz CT molecular complexity index is 868. The highest BCUT2D eigenvalue weighted by Crippen LogP contribution is 2.41. The Morgan fingerprint density at radius 3 is 2.12 bits per heavy atom. The van der Waals surface area contributed by atoms with Crippen molar-refractivity contribution in [2.24, 2.45) is 21.1 Å². The number of benzene rings is 1. The number of hydrogen-bond acceptors (Lipinski definition) is 6. The zero-order valence-corrected chi connectivity index (χ0v) is 11.7. The summed E-state index contributed by atoms with van der Waals surface area (Å²) >= 11 is 0. The van der Waals surface area contributed by atoms with E-state index in [4.69, 9.17) is 0 Å². The molecule has 6 nitrogen and oxygen atoms in total. The fourth-order valence-electron chi connectivity index (χ4n) is 1.92. The number of halogens is 3. The molecule has 1 aliphatic rings. The van der Waals surface area contributed by atoms with Gasteiger partial charge in [-0.15, -0.1) is 10.2 Å². The number of rotatable bonds is 1. The van der Waals surface area contributed by atoms with Crippen LogP contribution in [0.4, 0.5) is 18.9 Å². The van der Waals surface area contributed by atoms with E-state index in [1.807, 2.05) is 0 Å². The summed E-state index contributed by atoms with van der Waals surface area (Å²) in [6, 6.07) is 8.01. The van der Waals surface area contributed by atoms with Gasteiger partial charge in [0.15, 0.2) is 5.84 Å². The standard InChI is InChI=1S/C15H6F3N3O3/c16-15(17,18)13-10(6-22)11(7-23)14(19-12(13)8-24)21-20-9-4-2-1-3-5-9/h1-5,13H. The van der Waals surface area contributed by atoms with Gasteiger partial charge in [-0.25, -0.2) is 19.4 Å². The summed E-state index contributed by atoms with van der Waals surface area (Å²) in [7, 11) is 0. The first-order valence-electron chi connectivity index (χ1n) is 6.30. The number of amidine groups is 1. The molecule has 0 fully saturated rings. The van der Waals surface area contributed by atoms with Gasteiger partial charge in [0.05, 0.1) is 11.3 Å². The minimum Gasteiger partial charge on any atom is -0.233 e. The maximum absolute atomic E-state index is 13.0. The number of aliphatic imine (C=N–C) groups is 1. The van der Waals surface area contributed by atoms with E-state index in [9.17, 15) is 27.6 Å². The lowest BCUT2D eigenvalue weighted by molar-refractivity contribution is -0.153. The molecular formula is C15H6F3N3O3. The van der Waals surface area contributed by atoms with Crippen molar-refractivity contribution in [2.45, 2.75) is 6.18 Å². The summed E-state index contributed by atoms with van der Waals surface area (Å²) in [5.41, 5.74) is -2.81. The maximum atomic E-state index is 13.0. The number of alkyl halides is 3. The molecule has 1 unspecified atom stereocenters. The van der Waals surface area contributed by atoms with Crippen LogP contribution in [0.2, 0.25) is 0 Å². The first-order valence-corrected chi connectivity index (χ1v) is 6.30. The third-order valence-corrected chi connectivity index (χ3v) is 2.94. The molecule has 0 aromatic heterocycles. The lowest BCUT2D eigenvalue weighted by Gasteiger charge is -2.23. The van der Waals surface area contributed by atoms with Crippen LogP contribution < -0.4 is 0 Å². The van der Waals surface area contributed by atoms with Gasteiger partial charge in [-0.2, -0.15) is 13.2 Å². The molecule has 0 bridgehead atoms. The van der Waals surface area contributed by atoms with Crippen LogP contribution >= 0.6 is 0 Å². The number of azo groups is 1. The molecule has 9 heteroatoms. The lowest BCUT2D eigenvalue weighted by atomic mass is 9.88. The average Bonchev–Trinajstić information content (AvgIpc) is 2.58. The van der Waals surface area contributed by atoms with Crippen molar-refractivity contribution in [2.75, 3.05) is 0 Å². The zero-order chi connectivity index (χ0) is 17.7. The molecule has 1 heterocycles. The molecule has 1 aliphatic heterocycles. The number of nitrogens with zero attached hydrogens (tertiary/aromatic N) is 3. The molecule has 24 heavy (non-hydrogen) atoms. The Morgan fingerprint density at radius 1 is 0.958 bits per heavy atom. The molecule has 0 saturated carbocycles. The van der Waals surface area contributed by atoms with Crippen LogP contribution in [0.25, 0.3) is 0 Å². The quantitative estimate of drug-likeness (QED) is 0.584. The average molecular weight is 333 g/mol. The summed E-state index contributed by atoms with van der Waals surface area (Å²) < 4.78 is 39.1. The Hall–Kier alpha value is -3.37. The molecule has 0 N–H and O–H groups in total. The summed E-state index contributed by atoms with van der Waals surface area (Å²) in [4.78, 5) is 36.1. The van der Waals surface area contributed by atoms with Crippen LogP contribution in [0.15, 0.2) is 62.4 Å². The molecule has 0 spiro atoms. The van der Waals surface area contributed by atoms with Gasteiger partial charge < -0.3 is 0 Å². The summed E-state index contributed by atoms with van der Waals surface area (Å²) in [5, 5.41) is 7.21. The number of carbonyl (C=O) groups excluding carboxylic acids is 3. The van der Waals surface area contributed by atoms with Gasteiger partial charge in [0, 0.05) is 0 Å². The SMILES string of the molecule is O=C=C1C(=C=O)C(C(F)(F)F)C(=C=O)N=C1N=Nc1ccccc1. The normalized spacial score (nSPS) is 18.0. The molecule has 0 radical (unpaired) electrons. The predicted octanol–water partition coefficient (Wildman–Crippen LogP) is 2.59. The monoisotopic (exact) mass is 333 g/mol. The van der Waals surface area contributed by atoms with Crippen molar-refractivity contribution in [1.29, 1.82) is 0 Å². The third kappa shape index (κ3) is 3.34. The Kier molecular flexibility index (Phi) is 4.82. The summed E-state index contributed by atoms with van der Waals surface area (Å²) in [5.74, 6) is -0.147. The second-order valence-electron chi connectivity index (χ2n) is 4.43. The van der Waals surface area contributed by atoms with E-state index in [2.05, 4.69) is 15.2 Å². The first-order chi connectivity index (χ1) is 11.4. The molecule has 120 valence electrons. The highest BCUT2D eigenvalue weighted by atomic mass is 19.4. The van der Waals surface area contributed by atoms with Crippen molar-refractivity contribution < 1.29 is 27.6 Å². The molecule has 1 aromatic rings. The van der Waals surface area contributed by atoms with E-state index in [0.29, 0.717) is 5.69 Å². The Morgan fingerprint density at radius 2 is 1.62 bits per heavy atom. The molecule has 2 rings (SSSR count). The fraction of sp³-hybridized carbons (Fsp3) is 0.133. The van der Waals surface area contributed by atoms with Crippen molar-refractivity contribution in [3.05, 3.63) is 47.2 Å². The van der Waals surface area contributed by atoms with E-state index in [-0.39, 0.29) is 0 Å². The predicted molar refractivity (Wildman–Crippen MR) is 75.6 cm³/mol. The minimum absolute atomic E-state index is 0.316. The molecule has 0 saturated heterocycles. The number of allylic oxidation sites excluding steroid dienone is 1. The van der Waals surface area contributed by atoms with Crippen LogP contribution in [-0.4, -0.2) is 29.8 Å². The highest BCUT2D eigenvalue weighted by Gasteiger charge is 2.50. The van der Waals surface area contributed by atoms with E-state index in [1.54, 1.807) is 18.2 Å². The van der Waals surface area contributed by atoms with Crippen LogP contribution in [0.1, 0.15) is 0 Å². The van der Waals surface area contributed by atoms with E-state index < -0.39 is 34.8 Å². The molecular weight excluding hydrogens is 327 g/mol. The maximum Gasteiger partial charge on any atom is 0.402 e. The third-order valence-electron chi connectivity index (χ3n) is 2.94. The van der Waals surface area contributed by atoms with Crippen molar-refractivity contribution >= 4 is 29.3 Å². The van der Waals surface area contributed by atoms with Crippen LogP contribution in [-0.2, 0) is 14.4 Å². The molecule has 1 aromatic carbocycles. The van der Waals surface area contributed by atoms with E-state index >= 15 is 0 Å². The first kappa shape index (κ1) is 17.0. The lowest BCUT2D eigenvalue weighted by Crippen LogP contribution is -2.32. The van der Waals surface area contributed by atoms with Crippen LogP contribution in [0, 0.1) is 5.92 Å². The molecule has 0 amide bonds. The van der Waals surface area contributed by atoms with Crippen LogP contribution in [0.5, 0.6) is 0 Å². The fourth-order valence-corrected chi connectivity index (χ4v) is 1.92. The largest absolute Gasteiger partial charge is 0.402 e. The van der Waals surface area contributed by atoms with Crippen molar-refractivity contribution in [3.8, 4) is 0 Å². The van der Waals surface area contributed by atoms with Gasteiger partial charge in [-0.05, 0) is 12.1 Å². The van der Waals surface area contributed by atoms with Gasteiger partial charge in [-0.1, -0.05) is 18.2 Å². The zero-order valence-electron chi connectivity index (χ0n) is 11.7. The van der Waals surface area contributed by atoms with Crippen molar-refractivity contribution in [1.82, 2.24) is 0 Å². The van der Waals surface area contributed by atoms with Crippen molar-refractivity contribution in [3.63, 3.8) is 0 Å². The van der Waals surface area contributed by atoms with Gasteiger partial charge in [0.25, 0.3) is 0 Å². The topological polar surface area (TPSA) is 88.3 Å². The Balaban J connectivity index is 2.59. The number of hydrogen-bond donors (Lipinski definition) is 0. The van der Waals surface area contributed by atoms with E-state index in [1.165, 1.54) is 18.1 Å². The molecule has 0 aliphatic carbocycles. The highest BCUT2D eigenvalue weighted by molar-refractivity contribution is 6.13. The van der Waals surface area contributed by atoms with Gasteiger partial charge in [0.1, 0.15) is 35.0 Å². The summed E-state index contributed by atoms with van der Waals surface area (Å²) in [6.07, 6.45) is -5.03. The van der Waals surface area contributed by atoms with Gasteiger partial charge >= 0.3 is 6.18 Å². The second kappa shape index (κ2) is 6.81. The molecule has 1 atom stereocenters. The van der Waals surface area contributed by atoms with Gasteiger partial charge in [-0.3, -0.25) is 0 Å². The smallest absolute Gasteiger partial charge is 0.233 e.